The Bertz CT molecular complexity index is 165. The predicted molar refractivity (Wildman–Crippen MR) is 63.9 cm³/mol. The number of piperidine rings is 1. The van der Waals surface area contributed by atoms with Gasteiger partial charge in [-0.1, -0.05) is 44.2 Å². The maximum Gasteiger partial charge on any atom is 0.148 e. The zero-order valence-electron chi connectivity index (χ0n) is 8.38. The molecule has 1 aliphatic rings. The zero-order chi connectivity index (χ0) is 9.68. The number of hydrazine groups is 1. The van der Waals surface area contributed by atoms with Crippen LogP contribution in [0.5, 0.6) is 0 Å². The number of nitrogens with one attached hydrogen (secondary N) is 1. The number of nitrogens with zero attached hydrogens (tertiary/aromatic N) is 1. The van der Waals surface area contributed by atoms with Crippen molar-refractivity contribution in [3.05, 3.63) is 0 Å². The van der Waals surface area contributed by atoms with E-state index in [2.05, 4.69) is 24.3 Å². The molecule has 1 heterocycles. The molecule has 1 N–H and O–H groups in total. The Morgan fingerprint density at radius 1 is 1.31 bits per heavy atom. The van der Waals surface area contributed by atoms with Gasteiger partial charge in [-0.3, -0.25) is 0 Å². The van der Waals surface area contributed by atoms with Gasteiger partial charge in [0.15, 0.2) is 0 Å². The van der Waals surface area contributed by atoms with Gasteiger partial charge in [0.25, 0.3) is 0 Å². The molecule has 2 nitrogen and oxygen atoms in total. The van der Waals surface area contributed by atoms with Gasteiger partial charge in [0.1, 0.15) is 4.32 Å². The lowest BCUT2D eigenvalue weighted by molar-refractivity contribution is 0.197. The fourth-order valence-electron chi connectivity index (χ4n) is 1.38. The minimum atomic E-state index is 0.574. The second-order valence-electron chi connectivity index (χ2n) is 3.61. The lowest BCUT2D eigenvalue weighted by atomic mass is 10.2. The highest BCUT2D eigenvalue weighted by atomic mass is 32.2. The van der Waals surface area contributed by atoms with Crippen LogP contribution in [-0.4, -0.2) is 27.7 Å². The lowest BCUT2D eigenvalue weighted by Gasteiger charge is -2.28. The van der Waals surface area contributed by atoms with Crippen LogP contribution in [-0.2, 0) is 0 Å². The van der Waals surface area contributed by atoms with Crippen molar-refractivity contribution in [3.63, 3.8) is 0 Å². The summed E-state index contributed by atoms with van der Waals surface area (Å²) in [7, 11) is 0. The first-order chi connectivity index (χ1) is 6.18. The summed E-state index contributed by atoms with van der Waals surface area (Å²) in [6.45, 7) is 6.60. The monoisotopic (exact) mass is 218 g/mol. The van der Waals surface area contributed by atoms with Crippen molar-refractivity contribution in [2.24, 2.45) is 0 Å². The fraction of sp³-hybridized carbons (Fsp3) is 0.889. The molecule has 0 aromatic carbocycles. The Hall–Kier alpha value is 0.200. The third-order valence-electron chi connectivity index (χ3n) is 1.95. The molecule has 1 rings (SSSR count). The first-order valence-corrected chi connectivity index (χ1v) is 6.19. The average molecular weight is 218 g/mol. The molecule has 0 atom stereocenters. The van der Waals surface area contributed by atoms with Crippen LogP contribution in [0.3, 0.4) is 0 Å². The quantitative estimate of drug-likeness (QED) is 0.716. The number of thiocarbonyl (C=S) groups is 1. The second-order valence-corrected chi connectivity index (χ2v) is 5.87. The van der Waals surface area contributed by atoms with Crippen LogP contribution >= 0.6 is 24.0 Å². The maximum absolute atomic E-state index is 5.22. The van der Waals surface area contributed by atoms with Crippen molar-refractivity contribution in [2.75, 3.05) is 13.1 Å². The molecule has 0 radical (unpaired) electrons. The number of rotatable bonds is 2. The van der Waals surface area contributed by atoms with E-state index in [4.69, 9.17) is 12.2 Å². The molecular formula is C9H18N2S2. The van der Waals surface area contributed by atoms with Crippen molar-refractivity contribution in [1.82, 2.24) is 10.4 Å². The van der Waals surface area contributed by atoms with Gasteiger partial charge in [-0.2, -0.15) is 0 Å². The molecule has 0 unspecified atom stereocenters. The van der Waals surface area contributed by atoms with E-state index in [0.29, 0.717) is 5.25 Å². The van der Waals surface area contributed by atoms with Crippen molar-refractivity contribution in [1.29, 1.82) is 0 Å². The molecule has 13 heavy (non-hydrogen) atoms. The number of hydrogen-bond acceptors (Lipinski definition) is 3. The van der Waals surface area contributed by atoms with Crippen molar-refractivity contribution in [2.45, 2.75) is 38.4 Å². The van der Waals surface area contributed by atoms with E-state index >= 15 is 0 Å². The van der Waals surface area contributed by atoms with Gasteiger partial charge in [-0.15, -0.1) is 0 Å². The molecule has 1 saturated heterocycles. The van der Waals surface area contributed by atoms with E-state index < -0.39 is 0 Å². The van der Waals surface area contributed by atoms with E-state index in [-0.39, 0.29) is 0 Å². The van der Waals surface area contributed by atoms with Crippen LogP contribution in [0.15, 0.2) is 0 Å². The maximum atomic E-state index is 5.22. The second kappa shape index (κ2) is 5.83. The van der Waals surface area contributed by atoms with Crippen LogP contribution in [0.25, 0.3) is 0 Å². The lowest BCUT2D eigenvalue weighted by Crippen LogP contribution is -2.43. The first kappa shape index (κ1) is 11.3. The summed E-state index contributed by atoms with van der Waals surface area (Å²) in [6, 6.07) is 0. The van der Waals surface area contributed by atoms with E-state index in [1.54, 1.807) is 11.8 Å². The van der Waals surface area contributed by atoms with Gasteiger partial charge < -0.3 is 5.43 Å². The van der Waals surface area contributed by atoms with Crippen LogP contribution in [0, 0.1) is 0 Å². The third kappa shape index (κ3) is 4.84. The van der Waals surface area contributed by atoms with E-state index in [1.165, 1.54) is 19.3 Å². The minimum Gasteiger partial charge on any atom is -0.304 e. The third-order valence-corrected chi connectivity index (χ3v) is 3.10. The van der Waals surface area contributed by atoms with Gasteiger partial charge in [-0.05, 0) is 12.8 Å². The normalized spacial score (nSPS) is 19.0. The van der Waals surface area contributed by atoms with Gasteiger partial charge >= 0.3 is 0 Å². The summed E-state index contributed by atoms with van der Waals surface area (Å²) >= 11 is 6.95. The molecule has 76 valence electrons. The van der Waals surface area contributed by atoms with Crippen molar-refractivity contribution >= 4 is 28.3 Å². The van der Waals surface area contributed by atoms with Gasteiger partial charge in [0.05, 0.1) is 0 Å². The van der Waals surface area contributed by atoms with E-state index in [1.807, 2.05) is 0 Å². The Labute approximate surface area is 90.4 Å². The number of hydrogen-bond donors (Lipinski definition) is 1. The van der Waals surface area contributed by atoms with Crippen LogP contribution < -0.4 is 5.43 Å². The van der Waals surface area contributed by atoms with Crippen LogP contribution in [0.2, 0.25) is 0 Å². The molecule has 0 amide bonds. The topological polar surface area (TPSA) is 15.3 Å². The van der Waals surface area contributed by atoms with E-state index in [0.717, 1.165) is 17.4 Å². The molecule has 0 aliphatic carbocycles. The summed E-state index contributed by atoms with van der Waals surface area (Å²) in [4.78, 5) is 0. The molecule has 0 saturated carbocycles. The summed E-state index contributed by atoms with van der Waals surface area (Å²) < 4.78 is 0.914. The van der Waals surface area contributed by atoms with Gasteiger partial charge in [0, 0.05) is 18.3 Å². The van der Waals surface area contributed by atoms with E-state index in [9.17, 15) is 0 Å². The summed E-state index contributed by atoms with van der Waals surface area (Å²) in [5.41, 5.74) is 3.28. The smallest absolute Gasteiger partial charge is 0.148 e. The molecule has 0 aromatic heterocycles. The Kier molecular flexibility index (Phi) is 5.06. The summed E-state index contributed by atoms with van der Waals surface area (Å²) in [5.74, 6) is 0. The minimum absolute atomic E-state index is 0.574. The molecule has 1 aliphatic heterocycles. The predicted octanol–water partition coefficient (Wildman–Crippen LogP) is 2.40. The fourth-order valence-corrected chi connectivity index (χ4v) is 2.69. The Balaban J connectivity index is 2.18. The molecule has 0 spiro atoms. The molecule has 1 fully saturated rings. The first-order valence-electron chi connectivity index (χ1n) is 4.90. The van der Waals surface area contributed by atoms with Crippen molar-refractivity contribution in [3.8, 4) is 0 Å². The molecule has 4 heteroatoms. The highest BCUT2D eigenvalue weighted by Crippen LogP contribution is 2.12. The van der Waals surface area contributed by atoms with Crippen molar-refractivity contribution < 1.29 is 0 Å². The zero-order valence-corrected chi connectivity index (χ0v) is 10.0. The standard InChI is InChI=1S/C9H18N2S2/c1-8(2)13-9(12)10-11-6-4-3-5-7-11/h8H,3-7H2,1-2H3,(H,10,12). The molecule has 0 aromatic rings. The van der Waals surface area contributed by atoms with Gasteiger partial charge in [-0.25, -0.2) is 5.01 Å². The summed E-state index contributed by atoms with van der Waals surface area (Å²) in [5, 5.41) is 2.81. The summed E-state index contributed by atoms with van der Waals surface area (Å²) in [6.07, 6.45) is 3.95. The highest BCUT2D eigenvalue weighted by Gasteiger charge is 2.11. The Morgan fingerprint density at radius 3 is 2.46 bits per heavy atom. The highest BCUT2D eigenvalue weighted by molar-refractivity contribution is 8.23. The van der Waals surface area contributed by atoms with Crippen LogP contribution in [0.1, 0.15) is 33.1 Å². The largest absolute Gasteiger partial charge is 0.304 e. The SMILES string of the molecule is CC(C)SC(=S)NN1CCCCC1. The Morgan fingerprint density at radius 2 is 1.92 bits per heavy atom. The molecular weight excluding hydrogens is 200 g/mol. The average Bonchev–Trinajstić information content (AvgIpc) is 2.04. The molecule has 0 bridgehead atoms. The van der Waals surface area contributed by atoms with Gasteiger partial charge in [0.2, 0.25) is 0 Å². The van der Waals surface area contributed by atoms with Crippen LogP contribution in [0.4, 0.5) is 0 Å². The number of thioether (sulfide) groups is 1.